The number of carbonyl (C=O) groups excluding carboxylic acids is 2. The average Bonchev–Trinajstić information content (AvgIpc) is 3.62. The Hall–Kier alpha value is -2.66. The lowest BCUT2D eigenvalue weighted by molar-refractivity contribution is -0.148. The van der Waals surface area contributed by atoms with Crippen LogP contribution in [0.4, 0.5) is 5.82 Å². The summed E-state index contributed by atoms with van der Waals surface area (Å²) in [7, 11) is 1.29. The molecule has 0 bridgehead atoms. The van der Waals surface area contributed by atoms with E-state index in [4.69, 9.17) is 9.72 Å². The van der Waals surface area contributed by atoms with Crippen molar-refractivity contribution in [2.24, 2.45) is 5.92 Å². The van der Waals surface area contributed by atoms with Crippen LogP contribution in [0, 0.1) is 17.2 Å². The molecule has 0 unspecified atom stereocenters. The molecule has 0 radical (unpaired) electrons. The standard InChI is InChI=1S/C25H34N4O4/c1-15(2)20-13-28(8-9-29(20)21(30)10-22(31)32-5)24-18(12-26)17-11-25(3,4)33-14-19(17)23(27-24)16-6-7-16/h15-16,20H,6-11,13-14H2,1-5H3/t20-/m0/s1. The number of esters is 1. The highest BCUT2D eigenvalue weighted by Crippen LogP contribution is 2.46. The number of nitriles is 1. The van der Waals surface area contributed by atoms with Crippen molar-refractivity contribution in [3.8, 4) is 6.07 Å². The zero-order valence-electron chi connectivity index (χ0n) is 20.3. The summed E-state index contributed by atoms with van der Waals surface area (Å²) in [4.78, 5) is 33.5. The number of hydrogen-bond acceptors (Lipinski definition) is 7. The Labute approximate surface area is 195 Å². The fraction of sp³-hybridized carbons (Fsp3) is 0.680. The van der Waals surface area contributed by atoms with Crippen molar-refractivity contribution in [2.45, 2.75) is 77.5 Å². The van der Waals surface area contributed by atoms with Crippen LogP contribution >= 0.6 is 0 Å². The zero-order valence-corrected chi connectivity index (χ0v) is 20.3. The number of ether oxygens (including phenoxy) is 2. The second-order valence-corrected chi connectivity index (χ2v) is 10.4. The lowest BCUT2D eigenvalue weighted by atomic mass is 9.87. The molecule has 0 N–H and O–H groups in total. The van der Waals surface area contributed by atoms with Crippen LogP contribution in [-0.4, -0.2) is 60.1 Å². The molecule has 2 aliphatic heterocycles. The van der Waals surface area contributed by atoms with Crippen LogP contribution < -0.4 is 4.90 Å². The minimum Gasteiger partial charge on any atom is -0.469 e. The quantitative estimate of drug-likeness (QED) is 0.499. The van der Waals surface area contributed by atoms with E-state index in [1.54, 1.807) is 4.90 Å². The molecule has 8 heteroatoms. The summed E-state index contributed by atoms with van der Waals surface area (Å²) in [5.74, 6) is 0.636. The van der Waals surface area contributed by atoms with E-state index in [1.165, 1.54) is 7.11 Å². The van der Waals surface area contributed by atoms with Gasteiger partial charge in [-0.15, -0.1) is 0 Å². The normalized spacial score (nSPS) is 22.0. The third-order valence-corrected chi connectivity index (χ3v) is 7.04. The Balaban J connectivity index is 1.68. The second-order valence-electron chi connectivity index (χ2n) is 10.4. The second kappa shape index (κ2) is 8.94. The van der Waals surface area contributed by atoms with Crippen LogP contribution in [-0.2, 0) is 32.1 Å². The van der Waals surface area contributed by atoms with E-state index in [0.717, 1.165) is 35.5 Å². The molecule has 8 nitrogen and oxygen atoms in total. The molecule has 1 saturated heterocycles. The lowest BCUT2D eigenvalue weighted by Crippen LogP contribution is -2.58. The average molecular weight is 455 g/mol. The number of rotatable bonds is 5. The smallest absolute Gasteiger partial charge is 0.315 e. The molecule has 1 aromatic rings. The van der Waals surface area contributed by atoms with Gasteiger partial charge in [0.1, 0.15) is 18.3 Å². The molecule has 0 spiro atoms. The number of pyridine rings is 1. The van der Waals surface area contributed by atoms with Gasteiger partial charge in [-0.2, -0.15) is 5.26 Å². The van der Waals surface area contributed by atoms with Gasteiger partial charge in [-0.3, -0.25) is 9.59 Å². The highest BCUT2D eigenvalue weighted by atomic mass is 16.5. The number of nitrogens with zero attached hydrogens (tertiary/aromatic N) is 4. The number of piperazine rings is 1. The number of hydrogen-bond donors (Lipinski definition) is 0. The molecule has 3 aliphatic rings. The molecule has 1 atom stereocenters. The Morgan fingerprint density at radius 2 is 2.00 bits per heavy atom. The first-order chi connectivity index (χ1) is 15.6. The maximum Gasteiger partial charge on any atom is 0.315 e. The molecule has 33 heavy (non-hydrogen) atoms. The molecule has 3 heterocycles. The van der Waals surface area contributed by atoms with Gasteiger partial charge in [-0.25, -0.2) is 4.98 Å². The Kier molecular flexibility index (Phi) is 6.37. The SMILES string of the molecule is COC(=O)CC(=O)N1CCN(c2nc(C3CC3)c3c(c2C#N)CC(C)(C)OC3)C[C@H]1C(C)C. The number of anilines is 1. The number of amides is 1. The first kappa shape index (κ1) is 23.5. The third kappa shape index (κ3) is 4.70. The van der Waals surface area contributed by atoms with Gasteiger partial charge in [0.15, 0.2) is 0 Å². The molecule has 4 rings (SSSR count). The van der Waals surface area contributed by atoms with Gasteiger partial charge in [0.05, 0.1) is 36.6 Å². The third-order valence-electron chi connectivity index (χ3n) is 7.04. The summed E-state index contributed by atoms with van der Waals surface area (Å²) in [6, 6.07) is 2.38. The van der Waals surface area contributed by atoms with Crippen LogP contribution in [0.5, 0.6) is 0 Å². The summed E-state index contributed by atoms with van der Waals surface area (Å²) < 4.78 is 10.8. The van der Waals surface area contributed by atoms with Gasteiger partial charge in [0.2, 0.25) is 5.91 Å². The number of fused-ring (bicyclic) bond motifs is 1. The van der Waals surface area contributed by atoms with Gasteiger partial charge in [-0.1, -0.05) is 13.8 Å². The van der Waals surface area contributed by atoms with Gasteiger partial charge in [-0.05, 0) is 38.2 Å². The molecular weight excluding hydrogens is 420 g/mol. The monoisotopic (exact) mass is 454 g/mol. The van der Waals surface area contributed by atoms with Gasteiger partial charge in [0, 0.05) is 37.5 Å². The van der Waals surface area contributed by atoms with Gasteiger partial charge < -0.3 is 19.3 Å². The molecule has 1 aromatic heterocycles. The first-order valence-corrected chi connectivity index (χ1v) is 11.9. The zero-order chi connectivity index (χ0) is 23.9. The fourth-order valence-corrected chi connectivity index (χ4v) is 5.00. The van der Waals surface area contributed by atoms with E-state index in [0.29, 0.717) is 44.1 Å². The Morgan fingerprint density at radius 1 is 1.27 bits per heavy atom. The van der Waals surface area contributed by atoms with E-state index in [2.05, 4.69) is 43.4 Å². The van der Waals surface area contributed by atoms with E-state index >= 15 is 0 Å². The molecular formula is C25H34N4O4. The van der Waals surface area contributed by atoms with Crippen molar-refractivity contribution >= 4 is 17.7 Å². The number of carbonyl (C=O) groups is 2. The maximum atomic E-state index is 12.8. The van der Waals surface area contributed by atoms with Crippen LogP contribution in [0.1, 0.15) is 75.3 Å². The van der Waals surface area contributed by atoms with Crippen molar-refractivity contribution in [2.75, 3.05) is 31.6 Å². The minimum atomic E-state index is -0.521. The summed E-state index contributed by atoms with van der Waals surface area (Å²) in [6.45, 7) is 10.4. The van der Waals surface area contributed by atoms with Crippen molar-refractivity contribution < 1.29 is 19.1 Å². The topological polar surface area (TPSA) is 95.8 Å². The lowest BCUT2D eigenvalue weighted by Gasteiger charge is -2.44. The fourth-order valence-electron chi connectivity index (χ4n) is 5.00. The predicted octanol–water partition coefficient (Wildman–Crippen LogP) is 2.92. The maximum absolute atomic E-state index is 12.8. The molecule has 1 amide bonds. The Bertz CT molecular complexity index is 993. The largest absolute Gasteiger partial charge is 0.469 e. The van der Waals surface area contributed by atoms with Crippen molar-refractivity contribution in [1.29, 1.82) is 5.26 Å². The van der Waals surface area contributed by atoms with E-state index in [-0.39, 0.29) is 29.9 Å². The summed E-state index contributed by atoms with van der Waals surface area (Å²) in [5.41, 5.74) is 3.58. The van der Waals surface area contributed by atoms with Crippen LogP contribution in [0.25, 0.3) is 0 Å². The van der Waals surface area contributed by atoms with Crippen LogP contribution in [0.3, 0.4) is 0 Å². The van der Waals surface area contributed by atoms with Crippen molar-refractivity contribution in [1.82, 2.24) is 9.88 Å². The van der Waals surface area contributed by atoms with Gasteiger partial charge >= 0.3 is 5.97 Å². The summed E-state index contributed by atoms with van der Waals surface area (Å²) >= 11 is 0. The van der Waals surface area contributed by atoms with Crippen molar-refractivity contribution in [3.05, 3.63) is 22.4 Å². The highest BCUT2D eigenvalue weighted by molar-refractivity contribution is 5.94. The summed E-state index contributed by atoms with van der Waals surface area (Å²) in [5, 5.41) is 10.2. The summed E-state index contributed by atoms with van der Waals surface area (Å²) in [6.07, 6.45) is 2.68. The number of aromatic nitrogens is 1. The van der Waals surface area contributed by atoms with Crippen LogP contribution in [0.15, 0.2) is 0 Å². The van der Waals surface area contributed by atoms with E-state index in [1.807, 2.05) is 0 Å². The Morgan fingerprint density at radius 3 is 2.61 bits per heavy atom. The van der Waals surface area contributed by atoms with Gasteiger partial charge in [0.25, 0.3) is 0 Å². The molecule has 0 aromatic carbocycles. The van der Waals surface area contributed by atoms with Crippen LogP contribution in [0.2, 0.25) is 0 Å². The molecule has 178 valence electrons. The minimum absolute atomic E-state index is 0.0792. The van der Waals surface area contributed by atoms with Crippen molar-refractivity contribution in [3.63, 3.8) is 0 Å². The van der Waals surface area contributed by atoms with E-state index in [9.17, 15) is 14.9 Å². The predicted molar refractivity (Wildman–Crippen MR) is 123 cm³/mol. The first-order valence-electron chi connectivity index (χ1n) is 11.9. The molecule has 2 fully saturated rings. The molecule has 1 saturated carbocycles. The van der Waals surface area contributed by atoms with E-state index < -0.39 is 5.97 Å². The highest BCUT2D eigenvalue weighted by Gasteiger charge is 2.39. The molecule has 1 aliphatic carbocycles. The number of methoxy groups -OCH3 is 1.